The molecule has 0 spiro atoms. The molecule has 1 aliphatic heterocycles. The third kappa shape index (κ3) is 11.4. The fraction of sp³-hybridized carbons (Fsp3) is 0.333. The molecule has 5 aromatic rings. The molecular formula is C51H58N8O7. The highest BCUT2D eigenvalue weighted by Crippen LogP contribution is 2.36. The average Bonchev–Trinajstić information content (AvgIpc) is 3.61. The monoisotopic (exact) mass is 894 g/mol. The smallest absolute Gasteiger partial charge is 0.407 e. The molecule has 2 unspecified atom stereocenters. The summed E-state index contributed by atoms with van der Waals surface area (Å²) in [7, 11) is 3.66. The van der Waals surface area contributed by atoms with Crippen molar-refractivity contribution in [3.63, 3.8) is 0 Å². The second-order valence-electron chi connectivity index (χ2n) is 17.4. The van der Waals surface area contributed by atoms with Crippen molar-refractivity contribution in [2.45, 2.75) is 84.7 Å². The molecule has 66 heavy (non-hydrogen) atoms. The zero-order valence-electron chi connectivity index (χ0n) is 38.5. The van der Waals surface area contributed by atoms with E-state index >= 15 is 0 Å². The number of alkyl carbamates (subject to hydrolysis) is 1. The summed E-state index contributed by atoms with van der Waals surface area (Å²) in [5.74, 6) is 3.86. The molecule has 0 fully saturated rings. The summed E-state index contributed by atoms with van der Waals surface area (Å²) >= 11 is 0. The maximum absolute atomic E-state index is 13.6. The lowest BCUT2D eigenvalue weighted by molar-refractivity contribution is -0.131. The number of nitrogens with two attached hydrogens (primary N) is 1. The van der Waals surface area contributed by atoms with Crippen LogP contribution >= 0.6 is 0 Å². The van der Waals surface area contributed by atoms with Gasteiger partial charge >= 0.3 is 6.09 Å². The molecule has 15 heteroatoms. The maximum atomic E-state index is 13.6. The van der Waals surface area contributed by atoms with E-state index in [9.17, 15) is 28.8 Å². The highest BCUT2D eigenvalue weighted by atomic mass is 16.5. The van der Waals surface area contributed by atoms with Crippen molar-refractivity contribution < 1.29 is 33.5 Å². The van der Waals surface area contributed by atoms with Crippen LogP contribution in [0.1, 0.15) is 79.5 Å². The first-order chi connectivity index (χ1) is 31.5. The lowest BCUT2D eigenvalue weighted by Gasteiger charge is -2.32. The van der Waals surface area contributed by atoms with Gasteiger partial charge in [0.2, 0.25) is 29.5 Å². The second kappa shape index (κ2) is 21.0. The van der Waals surface area contributed by atoms with Gasteiger partial charge in [-0.25, -0.2) is 4.79 Å². The summed E-state index contributed by atoms with van der Waals surface area (Å²) in [6, 6.07) is 24.3. The van der Waals surface area contributed by atoms with Gasteiger partial charge in [-0.05, 0) is 90.2 Å². The minimum absolute atomic E-state index is 0.0178. The van der Waals surface area contributed by atoms with Gasteiger partial charge in [-0.1, -0.05) is 82.0 Å². The van der Waals surface area contributed by atoms with Crippen molar-refractivity contribution >= 4 is 57.9 Å². The predicted molar refractivity (Wildman–Crippen MR) is 254 cm³/mol. The van der Waals surface area contributed by atoms with Crippen molar-refractivity contribution in [2.24, 2.45) is 18.7 Å². The number of aryl methyl sites for hydroxylation is 2. The first-order valence-electron chi connectivity index (χ1n) is 21.9. The molecule has 2 heterocycles. The summed E-state index contributed by atoms with van der Waals surface area (Å²) < 4.78 is 7.49. The molecule has 0 saturated heterocycles. The van der Waals surface area contributed by atoms with Crippen molar-refractivity contribution in [3.05, 3.63) is 130 Å². The molecule has 0 radical (unpaired) electrons. The van der Waals surface area contributed by atoms with Crippen molar-refractivity contribution in [1.29, 1.82) is 0 Å². The van der Waals surface area contributed by atoms with Crippen LogP contribution in [0.5, 0.6) is 0 Å². The van der Waals surface area contributed by atoms with E-state index in [1.807, 2.05) is 99.2 Å². The van der Waals surface area contributed by atoms with Crippen LogP contribution < -0.4 is 37.2 Å². The Balaban J connectivity index is 0.947. The molecule has 7 N–H and O–H groups in total. The summed E-state index contributed by atoms with van der Waals surface area (Å²) in [5, 5.41) is 14.9. The minimum atomic E-state index is -0.940. The number of carbonyl (C=O) groups is 6. The van der Waals surface area contributed by atoms with E-state index in [1.54, 1.807) is 50.1 Å². The molecule has 2 atom stereocenters. The molecule has 4 aromatic carbocycles. The van der Waals surface area contributed by atoms with Crippen LogP contribution in [0.4, 0.5) is 16.2 Å². The maximum Gasteiger partial charge on any atom is 0.407 e. The zero-order valence-corrected chi connectivity index (χ0v) is 38.5. The number of likely N-dealkylation sites (N-methyl/N-ethyl adjacent to an activating group) is 1. The van der Waals surface area contributed by atoms with Gasteiger partial charge < -0.3 is 46.5 Å². The van der Waals surface area contributed by atoms with Crippen LogP contribution in [0.15, 0.2) is 91.1 Å². The lowest BCUT2D eigenvalue weighted by atomic mass is 9.77. The van der Waals surface area contributed by atoms with E-state index in [4.69, 9.17) is 10.5 Å². The highest BCUT2D eigenvalue weighted by molar-refractivity contribution is 5.98. The number of para-hydroxylation sites is 1. The molecular weight excluding hydrogens is 837 g/mol. The summed E-state index contributed by atoms with van der Waals surface area (Å²) in [6.07, 6.45) is 1.17. The molecule has 0 bridgehead atoms. The van der Waals surface area contributed by atoms with Gasteiger partial charge in [0.05, 0.1) is 24.8 Å². The van der Waals surface area contributed by atoms with E-state index in [0.717, 1.165) is 38.7 Å². The first kappa shape index (κ1) is 48.0. The third-order valence-corrected chi connectivity index (χ3v) is 11.9. The lowest BCUT2D eigenvalue weighted by Crippen LogP contribution is -2.51. The number of aromatic nitrogens is 1. The Hall–Kier alpha value is -7.44. The van der Waals surface area contributed by atoms with E-state index in [0.29, 0.717) is 29.0 Å². The van der Waals surface area contributed by atoms with Gasteiger partial charge in [0.25, 0.3) is 0 Å². The van der Waals surface area contributed by atoms with E-state index in [1.165, 1.54) is 0 Å². The van der Waals surface area contributed by atoms with Crippen LogP contribution in [-0.2, 0) is 60.9 Å². The average molecular weight is 895 g/mol. The molecule has 344 valence electrons. The number of amides is 6. The van der Waals surface area contributed by atoms with Gasteiger partial charge in [0.15, 0.2) is 0 Å². The van der Waals surface area contributed by atoms with Crippen LogP contribution in [-0.4, -0.2) is 65.9 Å². The molecule has 1 aromatic heterocycles. The Morgan fingerprint density at radius 3 is 2.24 bits per heavy atom. The molecule has 0 saturated carbocycles. The van der Waals surface area contributed by atoms with Crippen LogP contribution in [0.25, 0.3) is 10.9 Å². The number of carbonyl (C=O) groups excluding carboxylic acids is 6. The van der Waals surface area contributed by atoms with Gasteiger partial charge in [0.1, 0.15) is 12.6 Å². The first-order valence-corrected chi connectivity index (χ1v) is 21.9. The number of primary amides is 1. The molecule has 1 aliphatic rings. The number of ether oxygens (including phenoxy) is 1. The van der Waals surface area contributed by atoms with Gasteiger partial charge in [-0.3, -0.25) is 24.0 Å². The van der Waals surface area contributed by atoms with Crippen molar-refractivity contribution in [2.75, 3.05) is 23.8 Å². The van der Waals surface area contributed by atoms with Crippen LogP contribution in [0.2, 0.25) is 0 Å². The number of rotatable bonds is 17. The van der Waals surface area contributed by atoms with Crippen LogP contribution in [0, 0.1) is 24.7 Å². The van der Waals surface area contributed by atoms with Crippen molar-refractivity contribution in [1.82, 2.24) is 25.8 Å². The summed E-state index contributed by atoms with van der Waals surface area (Å²) in [6.45, 7) is 9.62. The standard InChI is InChI=1S/C51H58N8O7/c1-31(2)46(57-43(60)22-23-45(62)59-28-36-14-9-8-12-34(36)18-19-35-13-10-11-15-41(35)59)49(64)54-27-44(61)56-38-20-16-33(17-21-38)30-66-50(65)55-26-37-25-39-40(29-58(7)42(39)24-32(37)3)51(4,5)47(53-6)48(52)63/h8-17,20-21,24-25,29,31,46-47,53H,22-23,26-28,30H2,1-7H3,(H2,52,63)(H,54,64)(H,55,65)(H,56,61)(H,57,60). The Morgan fingerprint density at radius 1 is 0.864 bits per heavy atom. The Labute approximate surface area is 385 Å². The van der Waals surface area contributed by atoms with E-state index < -0.39 is 47.2 Å². The van der Waals surface area contributed by atoms with Gasteiger partial charge in [-0.2, -0.15) is 0 Å². The fourth-order valence-corrected chi connectivity index (χ4v) is 8.17. The number of nitrogens with one attached hydrogen (secondary N) is 5. The normalized spacial score (nSPS) is 12.9. The van der Waals surface area contributed by atoms with Crippen LogP contribution in [0.3, 0.4) is 0 Å². The fourth-order valence-electron chi connectivity index (χ4n) is 8.17. The molecule has 0 aliphatic carbocycles. The quantitative estimate of drug-likeness (QED) is 0.0685. The zero-order chi connectivity index (χ0) is 47.7. The molecule has 6 rings (SSSR count). The Bertz CT molecular complexity index is 2710. The molecule has 15 nitrogen and oxygen atoms in total. The number of benzene rings is 4. The highest BCUT2D eigenvalue weighted by Gasteiger charge is 2.37. The topological polar surface area (TPSA) is 206 Å². The Morgan fingerprint density at radius 2 is 1.55 bits per heavy atom. The van der Waals surface area contributed by atoms with Crippen molar-refractivity contribution in [3.8, 4) is 11.8 Å². The summed E-state index contributed by atoms with van der Waals surface area (Å²) in [4.78, 5) is 79.4. The van der Waals surface area contributed by atoms with Gasteiger partial charge in [-0.15, -0.1) is 0 Å². The number of nitrogens with zero attached hydrogens (tertiary/aromatic N) is 2. The number of hydrogen-bond acceptors (Lipinski definition) is 8. The second-order valence-corrected chi connectivity index (χ2v) is 17.4. The Kier molecular flexibility index (Phi) is 15.3. The summed E-state index contributed by atoms with van der Waals surface area (Å²) in [5.41, 5.74) is 13.2. The van der Waals surface area contributed by atoms with Gasteiger partial charge in [0, 0.05) is 65.8 Å². The predicted octanol–water partition coefficient (Wildman–Crippen LogP) is 5.19. The molecule has 6 amide bonds. The number of fused-ring (bicyclic) bond motifs is 3. The third-order valence-electron chi connectivity index (χ3n) is 11.9. The number of hydrogen-bond donors (Lipinski definition) is 6. The number of anilines is 2. The van der Waals surface area contributed by atoms with E-state index in [-0.39, 0.29) is 44.4 Å². The largest absolute Gasteiger partial charge is 0.445 e. The van der Waals surface area contributed by atoms with E-state index in [2.05, 4.69) is 38.4 Å². The SMILES string of the molecule is CNC(C(N)=O)C(C)(C)c1cn(C)c2cc(C)c(CNC(=O)OCc3ccc(NC(=O)CNC(=O)C(NC(=O)CCC(=O)N4Cc5ccccc5C#Cc5ccccc54)C(C)C)cc3)cc12. The minimum Gasteiger partial charge on any atom is -0.445 e.